The standard InChI is InChI=1S/C19H20F2N4O2/c1-2-24-7-9-25(10-8-24)19(27)17-11-13(5-6-22-17)18(26)23-14-3-4-15(20)16(21)12-14/h3-6,11-12H,2,7-10H2,1H3,(H,23,26). The van der Waals surface area contributed by atoms with Gasteiger partial charge in [0.25, 0.3) is 11.8 Å². The summed E-state index contributed by atoms with van der Waals surface area (Å²) in [5.41, 5.74) is 0.516. The minimum absolute atomic E-state index is 0.124. The Bertz CT molecular complexity index is 851. The monoisotopic (exact) mass is 374 g/mol. The predicted molar refractivity (Wildman–Crippen MR) is 96.6 cm³/mol. The second-order valence-electron chi connectivity index (χ2n) is 6.24. The molecule has 3 rings (SSSR count). The summed E-state index contributed by atoms with van der Waals surface area (Å²) < 4.78 is 26.3. The average Bonchev–Trinajstić information content (AvgIpc) is 2.70. The molecule has 6 nitrogen and oxygen atoms in total. The Hall–Kier alpha value is -2.87. The second-order valence-corrected chi connectivity index (χ2v) is 6.24. The number of rotatable bonds is 4. The van der Waals surface area contributed by atoms with E-state index in [4.69, 9.17) is 0 Å². The van der Waals surface area contributed by atoms with Crippen LogP contribution < -0.4 is 5.32 Å². The summed E-state index contributed by atoms with van der Waals surface area (Å²) >= 11 is 0. The zero-order chi connectivity index (χ0) is 19.4. The molecular weight excluding hydrogens is 354 g/mol. The lowest BCUT2D eigenvalue weighted by Gasteiger charge is -2.33. The lowest BCUT2D eigenvalue weighted by molar-refractivity contribution is 0.0637. The highest BCUT2D eigenvalue weighted by Crippen LogP contribution is 2.15. The summed E-state index contributed by atoms with van der Waals surface area (Å²) in [5.74, 6) is -2.81. The largest absolute Gasteiger partial charge is 0.335 e. The highest BCUT2D eigenvalue weighted by molar-refractivity contribution is 6.05. The number of likely N-dealkylation sites (N-methyl/N-ethyl adjacent to an activating group) is 1. The zero-order valence-corrected chi connectivity index (χ0v) is 14.9. The SMILES string of the molecule is CCN1CCN(C(=O)c2cc(C(=O)Nc3ccc(F)c(F)c3)ccn2)CC1. The van der Waals surface area contributed by atoms with Crippen LogP contribution in [0.25, 0.3) is 0 Å². The summed E-state index contributed by atoms with van der Waals surface area (Å²) in [5, 5.41) is 2.48. The van der Waals surface area contributed by atoms with Gasteiger partial charge in [-0.15, -0.1) is 0 Å². The first-order valence-corrected chi connectivity index (χ1v) is 8.72. The van der Waals surface area contributed by atoms with Gasteiger partial charge in [0, 0.05) is 49.7 Å². The number of hydrogen-bond acceptors (Lipinski definition) is 4. The molecule has 1 aliphatic rings. The van der Waals surface area contributed by atoms with Crippen LogP contribution in [-0.2, 0) is 0 Å². The van der Waals surface area contributed by atoms with Gasteiger partial charge in [-0.3, -0.25) is 14.6 Å². The highest BCUT2D eigenvalue weighted by atomic mass is 19.2. The topological polar surface area (TPSA) is 65.5 Å². The number of nitrogens with one attached hydrogen (secondary N) is 1. The lowest BCUT2D eigenvalue weighted by atomic mass is 10.2. The van der Waals surface area contributed by atoms with Gasteiger partial charge in [0.15, 0.2) is 11.6 Å². The van der Waals surface area contributed by atoms with Crippen LogP contribution in [0.1, 0.15) is 27.8 Å². The molecule has 8 heteroatoms. The smallest absolute Gasteiger partial charge is 0.272 e. The quantitative estimate of drug-likeness (QED) is 0.893. The first-order chi connectivity index (χ1) is 13.0. The van der Waals surface area contributed by atoms with Crippen molar-refractivity contribution < 1.29 is 18.4 Å². The van der Waals surface area contributed by atoms with Gasteiger partial charge >= 0.3 is 0 Å². The number of nitrogens with zero attached hydrogens (tertiary/aromatic N) is 3. The van der Waals surface area contributed by atoms with Crippen molar-refractivity contribution >= 4 is 17.5 Å². The van der Waals surface area contributed by atoms with Crippen LogP contribution in [0.2, 0.25) is 0 Å². The zero-order valence-electron chi connectivity index (χ0n) is 14.9. The van der Waals surface area contributed by atoms with E-state index in [1.54, 1.807) is 4.90 Å². The van der Waals surface area contributed by atoms with Crippen molar-refractivity contribution in [3.8, 4) is 0 Å². The molecule has 27 heavy (non-hydrogen) atoms. The maximum Gasteiger partial charge on any atom is 0.272 e. The van der Waals surface area contributed by atoms with Gasteiger partial charge in [-0.05, 0) is 30.8 Å². The fourth-order valence-electron chi connectivity index (χ4n) is 2.90. The number of hydrogen-bond donors (Lipinski definition) is 1. The van der Waals surface area contributed by atoms with Gasteiger partial charge in [0.05, 0.1) is 0 Å². The van der Waals surface area contributed by atoms with Crippen LogP contribution in [0.3, 0.4) is 0 Å². The molecule has 0 atom stereocenters. The molecule has 0 spiro atoms. The molecule has 0 saturated carbocycles. The third-order valence-electron chi connectivity index (χ3n) is 4.53. The summed E-state index contributed by atoms with van der Waals surface area (Å²) in [4.78, 5) is 33.0. The minimum atomic E-state index is -1.05. The van der Waals surface area contributed by atoms with Crippen molar-refractivity contribution in [1.82, 2.24) is 14.8 Å². The minimum Gasteiger partial charge on any atom is -0.335 e. The van der Waals surface area contributed by atoms with E-state index in [0.29, 0.717) is 13.1 Å². The number of aromatic nitrogens is 1. The normalized spacial score (nSPS) is 14.9. The van der Waals surface area contributed by atoms with Gasteiger partial charge in [0.2, 0.25) is 0 Å². The Morgan fingerprint density at radius 2 is 1.81 bits per heavy atom. The molecular formula is C19H20F2N4O2. The van der Waals surface area contributed by atoms with E-state index in [-0.39, 0.29) is 22.9 Å². The molecule has 2 heterocycles. The number of halogens is 2. The molecule has 142 valence electrons. The Morgan fingerprint density at radius 3 is 2.48 bits per heavy atom. The second kappa shape index (κ2) is 8.22. The van der Waals surface area contributed by atoms with Crippen molar-refractivity contribution in [3.63, 3.8) is 0 Å². The molecule has 1 N–H and O–H groups in total. The molecule has 1 aromatic heterocycles. The van der Waals surface area contributed by atoms with Crippen LogP contribution >= 0.6 is 0 Å². The number of pyridine rings is 1. The molecule has 0 aliphatic carbocycles. The molecule has 1 aliphatic heterocycles. The molecule has 2 aromatic rings. The fourth-order valence-corrected chi connectivity index (χ4v) is 2.90. The fraction of sp³-hybridized carbons (Fsp3) is 0.316. The molecule has 2 amide bonds. The van der Waals surface area contributed by atoms with E-state index >= 15 is 0 Å². The Balaban J connectivity index is 1.70. The Labute approximate surface area is 155 Å². The molecule has 1 fully saturated rings. The van der Waals surface area contributed by atoms with E-state index in [0.717, 1.165) is 31.8 Å². The highest BCUT2D eigenvalue weighted by Gasteiger charge is 2.23. The van der Waals surface area contributed by atoms with Crippen molar-refractivity contribution in [2.24, 2.45) is 0 Å². The summed E-state index contributed by atoms with van der Waals surface area (Å²) in [7, 11) is 0. The van der Waals surface area contributed by atoms with E-state index in [2.05, 4.69) is 22.1 Å². The van der Waals surface area contributed by atoms with Crippen LogP contribution in [0.15, 0.2) is 36.5 Å². The molecule has 1 aromatic carbocycles. The Kier molecular flexibility index (Phi) is 5.75. The number of piperazine rings is 1. The van der Waals surface area contributed by atoms with Crippen LogP contribution in [0.4, 0.5) is 14.5 Å². The Morgan fingerprint density at radius 1 is 1.07 bits per heavy atom. The average molecular weight is 374 g/mol. The van der Waals surface area contributed by atoms with Crippen LogP contribution in [0, 0.1) is 11.6 Å². The maximum absolute atomic E-state index is 13.3. The molecule has 0 unspecified atom stereocenters. The lowest BCUT2D eigenvalue weighted by Crippen LogP contribution is -2.48. The van der Waals surface area contributed by atoms with E-state index < -0.39 is 17.5 Å². The maximum atomic E-state index is 13.3. The third-order valence-corrected chi connectivity index (χ3v) is 4.53. The van der Waals surface area contributed by atoms with E-state index in [1.165, 1.54) is 24.4 Å². The summed E-state index contributed by atoms with van der Waals surface area (Å²) in [6, 6.07) is 5.96. The van der Waals surface area contributed by atoms with E-state index in [9.17, 15) is 18.4 Å². The number of carbonyl (C=O) groups excluding carboxylic acids is 2. The van der Waals surface area contributed by atoms with Gasteiger partial charge in [-0.1, -0.05) is 6.92 Å². The van der Waals surface area contributed by atoms with Gasteiger partial charge in [-0.25, -0.2) is 8.78 Å². The number of amides is 2. The van der Waals surface area contributed by atoms with Crippen molar-refractivity contribution in [3.05, 3.63) is 59.4 Å². The van der Waals surface area contributed by atoms with Crippen LogP contribution in [-0.4, -0.2) is 59.3 Å². The van der Waals surface area contributed by atoms with Crippen molar-refractivity contribution in [2.45, 2.75) is 6.92 Å². The van der Waals surface area contributed by atoms with Crippen molar-refractivity contribution in [1.29, 1.82) is 0 Å². The number of carbonyl (C=O) groups is 2. The first kappa shape index (κ1) is 18.9. The van der Waals surface area contributed by atoms with Crippen molar-refractivity contribution in [2.75, 3.05) is 38.0 Å². The van der Waals surface area contributed by atoms with Gasteiger partial charge < -0.3 is 15.1 Å². The molecule has 0 radical (unpaired) electrons. The molecule has 1 saturated heterocycles. The molecule has 0 bridgehead atoms. The summed E-state index contributed by atoms with van der Waals surface area (Å²) in [6.45, 7) is 5.85. The first-order valence-electron chi connectivity index (χ1n) is 8.72. The predicted octanol–water partition coefficient (Wildman–Crippen LogP) is 2.39. The van der Waals surface area contributed by atoms with E-state index in [1.807, 2.05) is 0 Å². The van der Waals surface area contributed by atoms with Gasteiger partial charge in [0.1, 0.15) is 5.69 Å². The number of benzene rings is 1. The third kappa shape index (κ3) is 4.46. The summed E-state index contributed by atoms with van der Waals surface area (Å²) in [6.07, 6.45) is 1.38. The van der Waals surface area contributed by atoms with Gasteiger partial charge in [-0.2, -0.15) is 0 Å². The van der Waals surface area contributed by atoms with Crippen LogP contribution in [0.5, 0.6) is 0 Å². The number of anilines is 1.